The molecule has 5 nitrogen and oxygen atoms in total. The highest BCUT2D eigenvalue weighted by molar-refractivity contribution is 5.84. The van der Waals surface area contributed by atoms with E-state index in [1.54, 1.807) is 5.32 Å². The fourth-order valence-corrected chi connectivity index (χ4v) is 1.77. The molecule has 0 unspecified atom stereocenters. The normalized spacial score (nSPS) is 35.1. The number of ether oxygens (including phenoxy) is 1. The third kappa shape index (κ3) is 3.19. The van der Waals surface area contributed by atoms with E-state index >= 15 is 0 Å². The molecule has 2 aromatic rings. The van der Waals surface area contributed by atoms with Crippen LogP contribution in [0.1, 0.15) is 28.9 Å². The van der Waals surface area contributed by atoms with E-state index in [0.29, 0.717) is 0 Å². The molecule has 1 atom stereocenters. The molecular weight excluding hydrogens is 266 g/mol. The van der Waals surface area contributed by atoms with Crippen molar-refractivity contribution in [1.29, 1.82) is 0 Å². The van der Waals surface area contributed by atoms with Crippen LogP contribution in [-0.2, 0) is 17.5 Å². The maximum Gasteiger partial charge on any atom is 0.407 e. The van der Waals surface area contributed by atoms with Crippen molar-refractivity contribution in [3.8, 4) is 0 Å². The number of aromatic amines is 1. The number of fused-ring (bicyclic) bond motifs is 1. The molecule has 1 fully saturated rings. The predicted octanol–water partition coefficient (Wildman–Crippen LogP) is 1.92. The highest BCUT2D eigenvalue weighted by Crippen LogP contribution is 2.21. The summed E-state index contributed by atoms with van der Waals surface area (Å²) in [5.74, 6) is 0. The Kier molecular flexibility index (Phi) is 1.46. The first-order valence-corrected chi connectivity index (χ1v) is 6.03. The van der Waals surface area contributed by atoms with Gasteiger partial charge in [-0.3, -0.25) is 0 Å². The molecule has 21 heavy (non-hydrogen) atoms. The van der Waals surface area contributed by atoms with Crippen LogP contribution >= 0.6 is 0 Å². The lowest BCUT2D eigenvalue weighted by Gasteiger charge is -2.09. The molecule has 0 bridgehead atoms. The maximum absolute atomic E-state index is 11.6. The summed E-state index contributed by atoms with van der Waals surface area (Å²) in [5.41, 5.74) is -1.42. The molecule has 1 amide bonds. The zero-order chi connectivity index (χ0) is 26.2. The summed E-state index contributed by atoms with van der Waals surface area (Å²) in [7, 11) is 1.16. The Morgan fingerprint density at radius 3 is 3.38 bits per heavy atom. The molecule has 1 aliphatic rings. The predicted molar refractivity (Wildman–Crippen MR) is 82.5 cm³/mol. The lowest BCUT2D eigenvalue weighted by molar-refractivity contribution is 0.177. The quantitative estimate of drug-likeness (QED) is 0.887. The highest BCUT2D eigenvalue weighted by Gasteiger charge is 2.22. The molecular formula is C16H21N3O2. The Bertz CT molecular complexity index is 1160. The number of hydrogen-bond acceptors (Lipinski definition) is 3. The molecule has 1 aliphatic heterocycles. The fraction of sp³-hybridized carbons (Fsp3) is 0.438. The smallest absolute Gasteiger partial charge is 0.407 e. The Labute approximate surface area is 142 Å². The number of benzene rings is 1. The van der Waals surface area contributed by atoms with E-state index in [4.69, 9.17) is 17.8 Å². The molecule has 5 heteroatoms. The molecule has 1 saturated heterocycles. The van der Waals surface area contributed by atoms with Crippen LogP contribution < -0.4 is 5.32 Å². The fourth-order valence-electron chi connectivity index (χ4n) is 1.77. The minimum absolute atomic E-state index is 0.196. The van der Waals surface area contributed by atoms with Crippen LogP contribution in [0, 0.1) is 0 Å². The minimum atomic E-state index is -3.29. The Morgan fingerprint density at radius 2 is 2.62 bits per heavy atom. The van der Waals surface area contributed by atoms with Crippen molar-refractivity contribution in [3.05, 3.63) is 35.5 Å². The van der Waals surface area contributed by atoms with Crippen molar-refractivity contribution < 1.29 is 27.4 Å². The number of alkyl carbamates (subject to hydrolysis) is 1. The van der Waals surface area contributed by atoms with Gasteiger partial charge in [0.2, 0.25) is 0 Å². The van der Waals surface area contributed by atoms with Gasteiger partial charge in [-0.05, 0) is 50.0 Å². The summed E-state index contributed by atoms with van der Waals surface area (Å²) in [4.78, 5) is 15.0. The average molecular weight is 300 g/mol. The van der Waals surface area contributed by atoms with E-state index in [1.807, 2.05) is 0 Å². The van der Waals surface area contributed by atoms with Crippen molar-refractivity contribution in [2.45, 2.75) is 18.8 Å². The van der Waals surface area contributed by atoms with Crippen molar-refractivity contribution in [2.24, 2.45) is 0 Å². The number of carbonyl (C=O) groups is 1. The molecule has 112 valence electrons. The first kappa shape index (κ1) is 5.32. The minimum Gasteiger partial charge on any atom is -0.447 e. The van der Waals surface area contributed by atoms with Crippen LogP contribution in [-0.4, -0.2) is 49.1 Å². The molecule has 2 heterocycles. The standard InChI is InChI=1S/C16H21N3O2/c1-19(2)6-5-12-9-17-15-4-3-11(8-14(12)15)7-13-10-21-16(20)18-13/h3-4,8-9,13,17H,5-7,10H2,1-2H3,(H,18,20)/t13-/m0/s1/i1D3,3D,4D,5D2,7D2,8D,10D2,13D. The van der Waals surface area contributed by atoms with Gasteiger partial charge in [0.15, 0.2) is 0 Å². The number of rotatable bonds is 5. The number of hydrogen-bond donors (Lipinski definition) is 2. The number of nitrogens with one attached hydrogen (secondary N) is 2. The summed E-state index contributed by atoms with van der Waals surface area (Å²) in [6, 6.07) is -5.51. The van der Waals surface area contributed by atoms with Gasteiger partial charge in [0, 0.05) is 33.2 Å². The molecule has 1 aromatic heterocycles. The van der Waals surface area contributed by atoms with Crippen LogP contribution in [0.3, 0.4) is 0 Å². The lowest BCUT2D eigenvalue weighted by Crippen LogP contribution is -2.28. The second-order valence-electron chi connectivity index (χ2n) is 4.35. The van der Waals surface area contributed by atoms with Crippen molar-refractivity contribution in [2.75, 3.05) is 27.1 Å². The van der Waals surface area contributed by atoms with Gasteiger partial charge in [0.1, 0.15) is 6.56 Å². The largest absolute Gasteiger partial charge is 0.447 e. The van der Waals surface area contributed by atoms with Gasteiger partial charge in [-0.15, -0.1) is 0 Å². The molecule has 2 N–H and O–H groups in total. The second-order valence-corrected chi connectivity index (χ2v) is 4.35. The number of carbonyl (C=O) groups excluding carboxylic acids is 1. The van der Waals surface area contributed by atoms with Crippen LogP contribution in [0.25, 0.3) is 10.9 Å². The second kappa shape index (κ2) is 5.77. The first-order chi connectivity index (χ1) is 15.2. The number of aromatic nitrogens is 1. The molecule has 0 saturated carbocycles. The summed E-state index contributed by atoms with van der Waals surface area (Å²) in [6.07, 6.45) is -6.06. The van der Waals surface area contributed by atoms with E-state index in [-0.39, 0.29) is 16.5 Å². The van der Waals surface area contributed by atoms with E-state index in [9.17, 15) is 4.79 Å². The number of amides is 1. The SMILES string of the molecule is [2H]c1c(C([2H])([2H])[C@]2([2H])NC(=O)OC2([2H])[2H])c([2H])c2c(C([2H])([2H])CN(C)C([2H])([2H])[2H])c[nH]c2c1[2H]. The van der Waals surface area contributed by atoms with Crippen molar-refractivity contribution in [3.63, 3.8) is 0 Å². The Balaban J connectivity index is 2.28. The average Bonchev–Trinajstić information content (AvgIpc) is 3.18. The molecule has 3 rings (SSSR count). The summed E-state index contributed by atoms with van der Waals surface area (Å²) >= 11 is 0. The van der Waals surface area contributed by atoms with Crippen molar-refractivity contribution >= 4 is 17.0 Å². The van der Waals surface area contributed by atoms with E-state index in [0.717, 1.165) is 18.1 Å². The highest BCUT2D eigenvalue weighted by atomic mass is 16.6. The topological polar surface area (TPSA) is 57.4 Å². The van der Waals surface area contributed by atoms with Crippen molar-refractivity contribution in [1.82, 2.24) is 15.2 Å². The molecule has 0 aliphatic carbocycles. The van der Waals surface area contributed by atoms with Gasteiger partial charge in [-0.25, -0.2) is 4.79 Å². The maximum atomic E-state index is 11.6. The van der Waals surface area contributed by atoms with Crippen LogP contribution in [0.2, 0.25) is 0 Å². The van der Waals surface area contributed by atoms with Gasteiger partial charge in [-0.1, -0.05) is 6.04 Å². The van der Waals surface area contributed by atoms with Gasteiger partial charge in [0.05, 0.1) is 14.2 Å². The molecule has 1 aromatic carbocycles. The summed E-state index contributed by atoms with van der Waals surface area (Å²) in [6.45, 7) is -6.52. The third-order valence-electron chi connectivity index (χ3n) is 2.67. The Hall–Kier alpha value is -2.01. The van der Waals surface area contributed by atoms with Crippen LogP contribution in [0.5, 0.6) is 0 Å². The zero-order valence-corrected chi connectivity index (χ0v) is 11.0. The van der Waals surface area contributed by atoms with Gasteiger partial charge < -0.3 is 19.9 Å². The third-order valence-corrected chi connectivity index (χ3v) is 2.67. The van der Waals surface area contributed by atoms with Gasteiger partial charge >= 0.3 is 6.09 Å². The van der Waals surface area contributed by atoms with E-state index in [1.165, 1.54) is 0 Å². The number of likely N-dealkylation sites (N-methyl/N-ethyl adjacent to an activating group) is 1. The van der Waals surface area contributed by atoms with E-state index in [2.05, 4.69) is 9.72 Å². The molecule has 0 radical (unpaired) electrons. The monoisotopic (exact) mass is 300 g/mol. The summed E-state index contributed by atoms with van der Waals surface area (Å²) in [5, 5.41) is 1.40. The van der Waals surface area contributed by atoms with Crippen LogP contribution in [0.4, 0.5) is 4.79 Å². The first-order valence-electron chi connectivity index (χ1n) is 12.5. The number of H-pyrrole nitrogens is 1. The lowest BCUT2D eigenvalue weighted by atomic mass is 10.0. The Morgan fingerprint density at radius 1 is 1.71 bits per heavy atom. The van der Waals surface area contributed by atoms with E-state index < -0.39 is 68.6 Å². The number of cyclic esters (lactones) is 1. The van der Waals surface area contributed by atoms with Gasteiger partial charge in [-0.2, -0.15) is 0 Å². The van der Waals surface area contributed by atoms with Crippen LogP contribution in [0.15, 0.2) is 24.3 Å². The number of nitrogens with zero attached hydrogens (tertiary/aromatic N) is 1. The summed E-state index contributed by atoms with van der Waals surface area (Å²) < 4.78 is 110. The molecule has 0 spiro atoms. The van der Waals surface area contributed by atoms with Gasteiger partial charge in [0.25, 0.3) is 0 Å². The zero-order valence-electron chi connectivity index (χ0n) is 24.0.